The number of aliphatic hydroxyl groups excluding tert-OH is 2. The number of hydrogen-bond acceptors (Lipinski definition) is 5. The zero-order valence-corrected chi connectivity index (χ0v) is 9.24. The van der Waals surface area contributed by atoms with Gasteiger partial charge in [-0.15, -0.1) is 0 Å². The van der Waals surface area contributed by atoms with E-state index in [-0.39, 0.29) is 24.6 Å². The molecule has 1 fully saturated rings. The monoisotopic (exact) mass is 247 g/mol. The quantitative estimate of drug-likeness (QED) is 0.304. The topological polar surface area (TPSA) is 116 Å². The van der Waals surface area contributed by atoms with Crippen molar-refractivity contribution in [2.75, 3.05) is 19.6 Å². The number of β-amino-alcohol motifs (C(OH)–C–C–N with tert-alkyl or cyclic N) is 2. The Morgan fingerprint density at radius 3 is 2.31 bits per heavy atom. The second-order valence-corrected chi connectivity index (χ2v) is 4.02. The highest BCUT2D eigenvalue weighted by atomic mass is 32.1. The van der Waals surface area contributed by atoms with Gasteiger partial charge >= 0.3 is 11.8 Å². The van der Waals surface area contributed by atoms with Gasteiger partial charge in [-0.2, -0.15) is 0 Å². The first-order valence-corrected chi connectivity index (χ1v) is 5.04. The number of carbonyl (C=O) groups excluding carboxylic acids is 2. The summed E-state index contributed by atoms with van der Waals surface area (Å²) in [5, 5.41) is 20.6. The van der Waals surface area contributed by atoms with Crippen molar-refractivity contribution in [2.24, 2.45) is 5.73 Å². The number of rotatable bonds is 2. The normalized spacial score (nSPS) is 24.2. The van der Waals surface area contributed by atoms with Gasteiger partial charge in [0.1, 0.15) is 0 Å². The summed E-state index contributed by atoms with van der Waals surface area (Å²) in [5.41, 5.74) is 5.15. The van der Waals surface area contributed by atoms with Crippen LogP contribution in [0.3, 0.4) is 0 Å². The molecular weight excluding hydrogens is 234 g/mol. The number of thiocarbonyl (C=S) groups is 1. The van der Waals surface area contributed by atoms with Crippen molar-refractivity contribution in [3.63, 3.8) is 0 Å². The van der Waals surface area contributed by atoms with Crippen LogP contribution >= 0.6 is 12.2 Å². The van der Waals surface area contributed by atoms with E-state index in [4.69, 9.17) is 5.73 Å². The Labute approximate surface area is 97.2 Å². The van der Waals surface area contributed by atoms with Crippen LogP contribution in [-0.2, 0) is 9.59 Å². The molecule has 7 nitrogen and oxygen atoms in total. The highest BCUT2D eigenvalue weighted by Gasteiger charge is 2.34. The molecule has 2 amide bonds. The van der Waals surface area contributed by atoms with Gasteiger partial charge in [0, 0.05) is 13.1 Å². The maximum atomic E-state index is 11.5. The zero-order chi connectivity index (χ0) is 12.3. The SMILES string of the molecule is NC(=S)CNC(=O)C(=O)N1CC(O)C(O)C1. The standard InChI is InChI=1S/C8H13N3O4S/c9-6(16)1-10-7(14)8(15)11-2-4(12)5(13)3-11/h4-5,12-13H,1-3H2,(H2,9,16)(H,10,14). The number of carbonyl (C=O) groups is 2. The summed E-state index contributed by atoms with van der Waals surface area (Å²) in [6, 6.07) is 0. The van der Waals surface area contributed by atoms with Crippen molar-refractivity contribution in [1.82, 2.24) is 10.2 Å². The van der Waals surface area contributed by atoms with Crippen LogP contribution in [0.1, 0.15) is 0 Å². The molecule has 0 aliphatic carbocycles. The molecule has 0 aromatic heterocycles. The van der Waals surface area contributed by atoms with Crippen LogP contribution in [-0.4, -0.2) is 63.8 Å². The summed E-state index contributed by atoms with van der Waals surface area (Å²) in [7, 11) is 0. The molecule has 0 aromatic rings. The van der Waals surface area contributed by atoms with Gasteiger partial charge in [-0.1, -0.05) is 12.2 Å². The van der Waals surface area contributed by atoms with E-state index >= 15 is 0 Å². The van der Waals surface area contributed by atoms with Gasteiger partial charge in [0.05, 0.1) is 23.7 Å². The molecule has 5 N–H and O–H groups in total. The maximum absolute atomic E-state index is 11.5. The van der Waals surface area contributed by atoms with Crippen LogP contribution < -0.4 is 11.1 Å². The van der Waals surface area contributed by atoms with Gasteiger partial charge in [0.25, 0.3) is 0 Å². The minimum absolute atomic E-state index is 0.0551. The molecule has 0 saturated carbocycles. The van der Waals surface area contributed by atoms with Crippen LogP contribution in [0.4, 0.5) is 0 Å². The van der Waals surface area contributed by atoms with Gasteiger partial charge in [-0.05, 0) is 0 Å². The average Bonchev–Trinajstić information content (AvgIpc) is 2.54. The van der Waals surface area contributed by atoms with Gasteiger partial charge in [-0.3, -0.25) is 9.59 Å². The molecule has 1 aliphatic heterocycles. The van der Waals surface area contributed by atoms with Crippen LogP contribution in [0.15, 0.2) is 0 Å². The Balaban J connectivity index is 2.46. The molecule has 1 rings (SSSR count). The first-order valence-electron chi connectivity index (χ1n) is 4.63. The van der Waals surface area contributed by atoms with E-state index < -0.39 is 24.0 Å². The number of nitrogens with one attached hydrogen (secondary N) is 1. The van der Waals surface area contributed by atoms with Gasteiger partial charge in [-0.25, -0.2) is 0 Å². The second-order valence-electron chi connectivity index (χ2n) is 3.49. The number of nitrogens with zero attached hydrogens (tertiary/aromatic N) is 1. The van der Waals surface area contributed by atoms with E-state index in [1.807, 2.05) is 0 Å². The first-order chi connectivity index (χ1) is 7.41. The fourth-order valence-corrected chi connectivity index (χ4v) is 1.39. The summed E-state index contributed by atoms with van der Waals surface area (Å²) in [6.07, 6.45) is -2.01. The van der Waals surface area contributed by atoms with Crippen molar-refractivity contribution in [1.29, 1.82) is 0 Å². The minimum Gasteiger partial charge on any atom is -0.392 e. The molecule has 16 heavy (non-hydrogen) atoms. The Morgan fingerprint density at radius 2 is 1.88 bits per heavy atom. The molecule has 2 atom stereocenters. The van der Waals surface area contributed by atoms with E-state index in [9.17, 15) is 19.8 Å². The van der Waals surface area contributed by atoms with Crippen LogP contribution in [0.25, 0.3) is 0 Å². The molecule has 90 valence electrons. The Hall–Kier alpha value is -1.25. The third-order valence-electron chi connectivity index (χ3n) is 2.16. The number of amides is 2. The Kier molecular flexibility index (Phi) is 4.16. The first kappa shape index (κ1) is 12.8. The summed E-state index contributed by atoms with van der Waals surface area (Å²) >= 11 is 4.53. The lowest BCUT2D eigenvalue weighted by Crippen LogP contribution is -2.44. The average molecular weight is 247 g/mol. The molecule has 0 bridgehead atoms. The van der Waals surface area contributed by atoms with E-state index in [1.54, 1.807) is 0 Å². The van der Waals surface area contributed by atoms with Gasteiger partial charge in [0.2, 0.25) is 0 Å². The lowest BCUT2D eigenvalue weighted by Gasteiger charge is -2.14. The fraction of sp³-hybridized carbons (Fsp3) is 0.625. The third kappa shape index (κ3) is 3.12. The van der Waals surface area contributed by atoms with Crippen molar-refractivity contribution >= 4 is 29.0 Å². The summed E-state index contributed by atoms with van der Waals surface area (Å²) < 4.78 is 0. The van der Waals surface area contributed by atoms with Crippen molar-refractivity contribution in [2.45, 2.75) is 12.2 Å². The lowest BCUT2D eigenvalue weighted by atomic mass is 10.3. The number of nitrogens with two attached hydrogens (primary N) is 1. The molecule has 0 spiro atoms. The zero-order valence-electron chi connectivity index (χ0n) is 8.42. The van der Waals surface area contributed by atoms with E-state index in [2.05, 4.69) is 17.5 Å². The molecule has 2 unspecified atom stereocenters. The molecule has 1 heterocycles. The van der Waals surface area contributed by atoms with Gasteiger partial charge < -0.3 is 26.2 Å². The van der Waals surface area contributed by atoms with E-state index in [1.165, 1.54) is 0 Å². The van der Waals surface area contributed by atoms with E-state index in [0.717, 1.165) is 4.90 Å². The summed E-state index contributed by atoms with van der Waals surface area (Å²) in [4.78, 5) is 23.9. The fourth-order valence-electron chi connectivity index (χ4n) is 1.32. The second kappa shape index (κ2) is 5.19. The van der Waals surface area contributed by atoms with Crippen molar-refractivity contribution < 1.29 is 19.8 Å². The van der Waals surface area contributed by atoms with Crippen molar-refractivity contribution in [3.8, 4) is 0 Å². The minimum atomic E-state index is -1.01. The maximum Gasteiger partial charge on any atom is 0.312 e. The Bertz CT molecular complexity index is 312. The summed E-state index contributed by atoms with van der Waals surface area (Å²) in [6.45, 7) is -0.167. The molecule has 1 saturated heterocycles. The molecule has 1 aliphatic rings. The highest BCUT2D eigenvalue weighted by molar-refractivity contribution is 7.80. The van der Waals surface area contributed by atoms with Crippen LogP contribution in [0, 0.1) is 0 Å². The largest absolute Gasteiger partial charge is 0.392 e. The smallest absolute Gasteiger partial charge is 0.312 e. The highest BCUT2D eigenvalue weighted by Crippen LogP contribution is 2.09. The third-order valence-corrected chi connectivity index (χ3v) is 2.31. The molecular formula is C8H13N3O4S. The summed E-state index contributed by atoms with van der Waals surface area (Å²) in [5.74, 6) is -1.67. The number of aliphatic hydroxyl groups is 2. The molecule has 0 aromatic carbocycles. The van der Waals surface area contributed by atoms with Gasteiger partial charge in [0.15, 0.2) is 0 Å². The molecule has 8 heteroatoms. The van der Waals surface area contributed by atoms with Crippen molar-refractivity contribution in [3.05, 3.63) is 0 Å². The number of likely N-dealkylation sites (tertiary alicyclic amines) is 1. The Morgan fingerprint density at radius 1 is 1.38 bits per heavy atom. The van der Waals surface area contributed by atoms with E-state index in [0.29, 0.717) is 0 Å². The molecule has 0 radical (unpaired) electrons. The lowest BCUT2D eigenvalue weighted by molar-refractivity contribution is -0.145. The van der Waals surface area contributed by atoms with Crippen LogP contribution in [0.2, 0.25) is 0 Å². The van der Waals surface area contributed by atoms with Crippen LogP contribution in [0.5, 0.6) is 0 Å². The number of hydrogen-bond donors (Lipinski definition) is 4. The predicted octanol–water partition coefficient (Wildman–Crippen LogP) is -3.05. The predicted molar refractivity (Wildman–Crippen MR) is 58.4 cm³/mol.